The summed E-state index contributed by atoms with van der Waals surface area (Å²) in [5.74, 6) is 0.692. The minimum absolute atomic E-state index is 0.0529. The van der Waals surface area contributed by atoms with Crippen molar-refractivity contribution in [2.24, 2.45) is 5.92 Å². The number of amides is 1. The maximum absolute atomic E-state index is 11.8. The fourth-order valence-electron chi connectivity index (χ4n) is 2.58. The van der Waals surface area contributed by atoms with Gasteiger partial charge in [0.2, 0.25) is 5.91 Å². The van der Waals surface area contributed by atoms with Gasteiger partial charge in [0.05, 0.1) is 0 Å². The van der Waals surface area contributed by atoms with Crippen molar-refractivity contribution in [3.05, 3.63) is 40.9 Å². The molecular weight excluding hydrogens is 284 g/mol. The molecule has 1 aliphatic rings. The lowest BCUT2D eigenvalue weighted by Gasteiger charge is -2.28. The van der Waals surface area contributed by atoms with Crippen LogP contribution < -0.4 is 5.32 Å². The summed E-state index contributed by atoms with van der Waals surface area (Å²) >= 11 is 6.04. The van der Waals surface area contributed by atoms with E-state index in [1.807, 2.05) is 24.3 Å². The van der Waals surface area contributed by atoms with Crippen LogP contribution in [0.4, 0.5) is 0 Å². The third-order valence-corrected chi connectivity index (χ3v) is 4.35. The molecule has 1 saturated heterocycles. The van der Waals surface area contributed by atoms with E-state index in [4.69, 9.17) is 11.6 Å². The summed E-state index contributed by atoms with van der Waals surface area (Å²) in [5, 5.41) is 3.61. The molecular formula is C17H23ClN2O. The van der Waals surface area contributed by atoms with Gasteiger partial charge in [-0.3, -0.25) is 4.79 Å². The molecule has 2 rings (SSSR count). The Bertz CT molecular complexity index is 493. The lowest BCUT2D eigenvalue weighted by atomic mass is 9.94. The van der Waals surface area contributed by atoms with Crippen molar-refractivity contribution in [1.29, 1.82) is 0 Å². The molecule has 0 aromatic heterocycles. The Hall–Kier alpha value is -1.32. The molecule has 0 bridgehead atoms. The van der Waals surface area contributed by atoms with Gasteiger partial charge in [-0.1, -0.05) is 29.8 Å². The number of benzene rings is 1. The minimum atomic E-state index is -0.0529. The molecule has 21 heavy (non-hydrogen) atoms. The molecule has 0 unspecified atom stereocenters. The Morgan fingerprint density at radius 3 is 2.81 bits per heavy atom. The second-order valence-corrected chi connectivity index (χ2v) is 6.09. The van der Waals surface area contributed by atoms with Gasteiger partial charge >= 0.3 is 0 Å². The van der Waals surface area contributed by atoms with Crippen molar-refractivity contribution >= 4 is 23.6 Å². The van der Waals surface area contributed by atoms with E-state index in [0.29, 0.717) is 5.02 Å². The number of hydrogen-bond acceptors (Lipinski definition) is 2. The fraction of sp³-hybridized carbons (Fsp3) is 0.471. The highest BCUT2D eigenvalue weighted by Gasteiger charge is 2.16. The molecule has 1 fully saturated rings. The molecule has 1 N–H and O–H groups in total. The van der Waals surface area contributed by atoms with E-state index in [0.717, 1.165) is 24.4 Å². The average Bonchev–Trinajstić information content (AvgIpc) is 2.48. The van der Waals surface area contributed by atoms with E-state index in [2.05, 4.69) is 17.3 Å². The Labute approximate surface area is 132 Å². The molecule has 1 amide bonds. The Balaban J connectivity index is 1.69. The zero-order chi connectivity index (χ0) is 15.1. The predicted octanol–water partition coefficient (Wildman–Crippen LogP) is 3.20. The lowest BCUT2D eigenvalue weighted by Crippen LogP contribution is -2.32. The van der Waals surface area contributed by atoms with Gasteiger partial charge in [0, 0.05) is 17.6 Å². The molecule has 1 heterocycles. The highest BCUT2D eigenvalue weighted by atomic mass is 35.5. The summed E-state index contributed by atoms with van der Waals surface area (Å²) in [7, 11) is 2.16. The smallest absolute Gasteiger partial charge is 0.244 e. The van der Waals surface area contributed by atoms with Crippen LogP contribution in [0.5, 0.6) is 0 Å². The maximum Gasteiger partial charge on any atom is 0.244 e. The fourth-order valence-corrected chi connectivity index (χ4v) is 2.78. The molecule has 4 heteroatoms. The molecule has 0 aliphatic carbocycles. The SMILES string of the molecule is CN1CCC(CCNC(=O)/C=C/c2ccccc2Cl)CC1. The Morgan fingerprint density at radius 2 is 2.10 bits per heavy atom. The predicted molar refractivity (Wildman–Crippen MR) is 88.3 cm³/mol. The first-order valence-corrected chi connectivity index (χ1v) is 7.92. The van der Waals surface area contributed by atoms with Crippen molar-refractivity contribution in [3.63, 3.8) is 0 Å². The average molecular weight is 307 g/mol. The molecule has 1 aromatic carbocycles. The van der Waals surface area contributed by atoms with E-state index in [9.17, 15) is 4.79 Å². The first kappa shape index (κ1) is 16.1. The lowest BCUT2D eigenvalue weighted by molar-refractivity contribution is -0.116. The molecule has 0 saturated carbocycles. The van der Waals surface area contributed by atoms with Crippen LogP contribution in [0.1, 0.15) is 24.8 Å². The van der Waals surface area contributed by atoms with E-state index in [-0.39, 0.29) is 5.91 Å². The quantitative estimate of drug-likeness (QED) is 0.847. The van der Waals surface area contributed by atoms with E-state index < -0.39 is 0 Å². The number of halogens is 1. The van der Waals surface area contributed by atoms with Crippen molar-refractivity contribution in [3.8, 4) is 0 Å². The third kappa shape index (κ3) is 5.52. The maximum atomic E-state index is 11.8. The number of piperidine rings is 1. The van der Waals surface area contributed by atoms with Gasteiger partial charge in [0.15, 0.2) is 0 Å². The molecule has 1 aromatic rings. The second-order valence-electron chi connectivity index (χ2n) is 5.68. The van der Waals surface area contributed by atoms with Crippen LogP contribution >= 0.6 is 11.6 Å². The topological polar surface area (TPSA) is 32.3 Å². The molecule has 0 radical (unpaired) electrons. The number of nitrogens with zero attached hydrogens (tertiary/aromatic N) is 1. The summed E-state index contributed by atoms with van der Waals surface area (Å²) in [5.41, 5.74) is 0.865. The first-order valence-electron chi connectivity index (χ1n) is 7.54. The standard InChI is InChI=1S/C17H23ClN2O/c1-20-12-9-14(10-13-20)8-11-19-17(21)7-6-15-4-2-3-5-16(15)18/h2-7,14H,8-13H2,1H3,(H,19,21)/b7-6+. The molecule has 3 nitrogen and oxygen atoms in total. The zero-order valence-corrected chi connectivity index (χ0v) is 13.3. The highest BCUT2D eigenvalue weighted by Crippen LogP contribution is 2.19. The van der Waals surface area contributed by atoms with E-state index >= 15 is 0 Å². The van der Waals surface area contributed by atoms with Crippen molar-refractivity contribution < 1.29 is 4.79 Å². The van der Waals surface area contributed by atoms with Crippen LogP contribution in [-0.4, -0.2) is 37.5 Å². The Kier molecular flexibility index (Phi) is 6.27. The number of carbonyl (C=O) groups is 1. The third-order valence-electron chi connectivity index (χ3n) is 4.01. The van der Waals surface area contributed by atoms with Crippen molar-refractivity contribution in [1.82, 2.24) is 10.2 Å². The van der Waals surface area contributed by atoms with Crippen molar-refractivity contribution in [2.45, 2.75) is 19.3 Å². The summed E-state index contributed by atoms with van der Waals surface area (Å²) in [4.78, 5) is 14.1. The van der Waals surface area contributed by atoms with E-state index in [1.165, 1.54) is 25.9 Å². The van der Waals surface area contributed by atoms with Gasteiger partial charge in [0.1, 0.15) is 0 Å². The monoisotopic (exact) mass is 306 g/mol. The highest BCUT2D eigenvalue weighted by molar-refractivity contribution is 6.32. The summed E-state index contributed by atoms with van der Waals surface area (Å²) in [6.45, 7) is 3.09. The zero-order valence-electron chi connectivity index (χ0n) is 12.5. The minimum Gasteiger partial charge on any atom is -0.353 e. The second kappa shape index (κ2) is 8.20. The first-order chi connectivity index (χ1) is 10.1. The number of nitrogens with one attached hydrogen (secondary N) is 1. The van der Waals surface area contributed by atoms with Crippen LogP contribution in [0.3, 0.4) is 0 Å². The molecule has 0 atom stereocenters. The van der Waals surface area contributed by atoms with Crippen LogP contribution in [-0.2, 0) is 4.79 Å². The van der Waals surface area contributed by atoms with Crippen LogP contribution in [0.25, 0.3) is 6.08 Å². The normalized spacial score (nSPS) is 17.2. The van der Waals surface area contributed by atoms with Gasteiger partial charge in [-0.25, -0.2) is 0 Å². The van der Waals surface area contributed by atoms with Gasteiger partial charge in [-0.05, 0) is 63.0 Å². The van der Waals surface area contributed by atoms with Gasteiger partial charge in [-0.15, -0.1) is 0 Å². The van der Waals surface area contributed by atoms with Gasteiger partial charge < -0.3 is 10.2 Å². The largest absolute Gasteiger partial charge is 0.353 e. The molecule has 114 valence electrons. The van der Waals surface area contributed by atoms with Crippen LogP contribution in [0.2, 0.25) is 5.02 Å². The molecule has 0 spiro atoms. The van der Waals surface area contributed by atoms with Crippen LogP contribution in [0, 0.1) is 5.92 Å². The van der Waals surface area contributed by atoms with Crippen LogP contribution in [0.15, 0.2) is 30.3 Å². The number of rotatable bonds is 5. The number of hydrogen-bond donors (Lipinski definition) is 1. The number of carbonyl (C=O) groups excluding carboxylic acids is 1. The van der Waals surface area contributed by atoms with Crippen molar-refractivity contribution in [2.75, 3.05) is 26.7 Å². The van der Waals surface area contributed by atoms with Gasteiger partial charge in [-0.2, -0.15) is 0 Å². The summed E-state index contributed by atoms with van der Waals surface area (Å²) < 4.78 is 0. The summed E-state index contributed by atoms with van der Waals surface area (Å²) in [6, 6.07) is 7.49. The number of likely N-dealkylation sites (tertiary alicyclic amines) is 1. The molecule has 1 aliphatic heterocycles. The summed E-state index contributed by atoms with van der Waals surface area (Å²) in [6.07, 6.45) is 6.85. The van der Waals surface area contributed by atoms with E-state index in [1.54, 1.807) is 12.2 Å². The van der Waals surface area contributed by atoms with Gasteiger partial charge in [0.25, 0.3) is 0 Å². The Morgan fingerprint density at radius 1 is 1.38 bits per heavy atom.